The predicted molar refractivity (Wildman–Crippen MR) is 106 cm³/mol. The Labute approximate surface area is 167 Å². The van der Waals surface area contributed by atoms with Crippen LogP contribution >= 0.6 is 0 Å². The zero-order valence-electron chi connectivity index (χ0n) is 16.0. The summed E-state index contributed by atoms with van der Waals surface area (Å²) in [7, 11) is -6.86. The molecule has 2 aliphatic rings. The van der Waals surface area contributed by atoms with Gasteiger partial charge in [-0.05, 0) is 31.9 Å². The average Bonchev–Trinajstić information content (AvgIpc) is 2.74. The lowest BCUT2D eigenvalue weighted by molar-refractivity contribution is -0.137. The fraction of sp³-hybridized carbons (Fsp3) is 0.611. The van der Waals surface area contributed by atoms with Gasteiger partial charge in [0.15, 0.2) is 0 Å². The van der Waals surface area contributed by atoms with Crippen LogP contribution in [0.25, 0.3) is 0 Å². The molecule has 0 bridgehead atoms. The summed E-state index contributed by atoms with van der Waals surface area (Å²) >= 11 is 0. The van der Waals surface area contributed by atoms with Crippen molar-refractivity contribution in [1.82, 2.24) is 13.5 Å². The van der Waals surface area contributed by atoms with Crippen LogP contribution < -0.4 is 0 Å². The molecule has 8 nitrogen and oxygen atoms in total. The zero-order chi connectivity index (χ0) is 20.4. The number of carbonyl (C=O) groups excluding carboxylic acids is 1. The van der Waals surface area contributed by atoms with Gasteiger partial charge in [-0.1, -0.05) is 18.2 Å². The van der Waals surface area contributed by atoms with Gasteiger partial charge in [-0.25, -0.2) is 21.1 Å². The minimum Gasteiger partial charge on any atom is -0.340 e. The third-order valence-electron chi connectivity index (χ3n) is 5.42. The van der Waals surface area contributed by atoms with Gasteiger partial charge in [-0.3, -0.25) is 4.79 Å². The van der Waals surface area contributed by atoms with Crippen molar-refractivity contribution in [2.24, 2.45) is 5.92 Å². The van der Waals surface area contributed by atoms with E-state index in [1.54, 1.807) is 42.2 Å². The summed E-state index contributed by atoms with van der Waals surface area (Å²) in [4.78, 5) is 14.8. The lowest BCUT2D eigenvalue weighted by Gasteiger charge is -2.38. The van der Waals surface area contributed by atoms with E-state index in [2.05, 4.69) is 0 Å². The number of rotatable bonds is 5. The standard InChI is InChI=1S/C18H27N3O5S2/c1-2-27(23,24)21-10-6-7-16(15-21)18(22)19-11-13-20(14-12-19)28(25,26)17-8-4-3-5-9-17/h3-5,8-9,16H,2,6-7,10-15H2,1H3/t16-/m0/s1. The van der Waals surface area contributed by atoms with Crippen LogP contribution in [0.4, 0.5) is 0 Å². The third-order valence-corrected chi connectivity index (χ3v) is 9.18. The van der Waals surface area contributed by atoms with Crippen molar-refractivity contribution >= 4 is 26.0 Å². The molecule has 1 aromatic rings. The molecule has 2 heterocycles. The Bertz CT molecular complexity index is 894. The summed E-state index contributed by atoms with van der Waals surface area (Å²) < 4.78 is 52.4. The van der Waals surface area contributed by atoms with E-state index in [0.29, 0.717) is 32.5 Å². The first-order valence-electron chi connectivity index (χ1n) is 9.57. The van der Waals surface area contributed by atoms with Gasteiger partial charge in [0.1, 0.15) is 0 Å². The van der Waals surface area contributed by atoms with E-state index < -0.39 is 20.0 Å². The van der Waals surface area contributed by atoms with Gasteiger partial charge in [0.25, 0.3) is 0 Å². The molecule has 1 amide bonds. The van der Waals surface area contributed by atoms with Crippen LogP contribution in [-0.4, -0.2) is 81.3 Å². The second kappa shape index (κ2) is 8.48. The Kier molecular flexibility index (Phi) is 6.43. The molecular formula is C18H27N3O5S2. The number of hydrogen-bond donors (Lipinski definition) is 0. The number of carbonyl (C=O) groups is 1. The lowest BCUT2D eigenvalue weighted by Crippen LogP contribution is -2.54. The average molecular weight is 430 g/mol. The van der Waals surface area contributed by atoms with E-state index in [1.807, 2.05) is 0 Å². The number of benzene rings is 1. The SMILES string of the molecule is CCS(=O)(=O)N1CCC[C@H](C(=O)N2CCN(S(=O)(=O)c3ccccc3)CC2)C1. The second-order valence-corrected chi connectivity index (χ2v) is 11.3. The summed E-state index contributed by atoms with van der Waals surface area (Å²) in [6.07, 6.45) is 1.33. The minimum atomic E-state index is -3.56. The van der Waals surface area contributed by atoms with E-state index in [-0.39, 0.29) is 42.1 Å². The Balaban J connectivity index is 1.61. The summed E-state index contributed by atoms with van der Waals surface area (Å²) in [5.74, 6) is -0.399. The molecule has 0 unspecified atom stereocenters. The van der Waals surface area contributed by atoms with E-state index in [4.69, 9.17) is 0 Å². The van der Waals surface area contributed by atoms with Gasteiger partial charge in [0.2, 0.25) is 26.0 Å². The van der Waals surface area contributed by atoms with Crippen LogP contribution in [0.2, 0.25) is 0 Å². The molecule has 10 heteroatoms. The van der Waals surface area contributed by atoms with Crippen LogP contribution in [0.1, 0.15) is 19.8 Å². The first-order valence-corrected chi connectivity index (χ1v) is 12.6. The molecule has 2 aliphatic heterocycles. The topological polar surface area (TPSA) is 95.1 Å². The van der Waals surface area contributed by atoms with Gasteiger partial charge in [-0.2, -0.15) is 4.31 Å². The number of piperazine rings is 1. The van der Waals surface area contributed by atoms with Gasteiger partial charge >= 0.3 is 0 Å². The van der Waals surface area contributed by atoms with Crippen LogP contribution in [0.15, 0.2) is 35.2 Å². The number of sulfonamides is 2. The number of piperidine rings is 1. The van der Waals surface area contributed by atoms with E-state index in [9.17, 15) is 21.6 Å². The first kappa shape index (κ1) is 21.2. The van der Waals surface area contributed by atoms with Crippen molar-refractivity contribution in [3.05, 3.63) is 30.3 Å². The molecule has 1 aromatic carbocycles. The van der Waals surface area contributed by atoms with Gasteiger partial charge in [0.05, 0.1) is 16.6 Å². The highest BCUT2D eigenvalue weighted by Gasteiger charge is 2.36. The highest BCUT2D eigenvalue weighted by Crippen LogP contribution is 2.23. The van der Waals surface area contributed by atoms with Crippen LogP contribution in [0, 0.1) is 5.92 Å². The Morgan fingerprint density at radius 3 is 2.21 bits per heavy atom. The quantitative estimate of drug-likeness (QED) is 0.682. The summed E-state index contributed by atoms with van der Waals surface area (Å²) in [6, 6.07) is 8.27. The van der Waals surface area contributed by atoms with Crippen molar-refractivity contribution in [3.63, 3.8) is 0 Å². The van der Waals surface area contributed by atoms with Crippen molar-refractivity contribution in [1.29, 1.82) is 0 Å². The monoisotopic (exact) mass is 429 g/mol. The smallest absolute Gasteiger partial charge is 0.243 e. The fourth-order valence-electron chi connectivity index (χ4n) is 3.73. The molecule has 2 saturated heterocycles. The molecule has 0 radical (unpaired) electrons. The Morgan fingerprint density at radius 2 is 1.61 bits per heavy atom. The largest absolute Gasteiger partial charge is 0.340 e. The Hall–Kier alpha value is -1.49. The fourth-order valence-corrected chi connectivity index (χ4v) is 6.35. The van der Waals surface area contributed by atoms with Crippen molar-refractivity contribution in [2.45, 2.75) is 24.7 Å². The van der Waals surface area contributed by atoms with Gasteiger partial charge < -0.3 is 4.90 Å². The van der Waals surface area contributed by atoms with Crippen molar-refractivity contribution < 1.29 is 21.6 Å². The molecule has 0 spiro atoms. The molecule has 2 fully saturated rings. The maximum atomic E-state index is 12.9. The molecule has 0 saturated carbocycles. The molecule has 0 N–H and O–H groups in total. The first-order chi connectivity index (χ1) is 13.3. The summed E-state index contributed by atoms with van der Waals surface area (Å²) in [6.45, 7) is 3.41. The lowest BCUT2D eigenvalue weighted by atomic mass is 9.98. The highest BCUT2D eigenvalue weighted by atomic mass is 32.2. The maximum Gasteiger partial charge on any atom is 0.243 e. The van der Waals surface area contributed by atoms with Crippen molar-refractivity contribution in [2.75, 3.05) is 45.0 Å². The predicted octanol–water partition coefficient (Wildman–Crippen LogP) is 0.581. The molecule has 3 rings (SSSR count). The van der Waals surface area contributed by atoms with E-state index in [1.165, 1.54) is 8.61 Å². The van der Waals surface area contributed by atoms with E-state index >= 15 is 0 Å². The molecule has 0 aromatic heterocycles. The summed E-state index contributed by atoms with van der Waals surface area (Å²) in [5, 5.41) is 0. The van der Waals surface area contributed by atoms with Crippen molar-refractivity contribution in [3.8, 4) is 0 Å². The highest BCUT2D eigenvalue weighted by molar-refractivity contribution is 7.89. The molecular weight excluding hydrogens is 402 g/mol. The maximum absolute atomic E-state index is 12.9. The van der Waals surface area contributed by atoms with Crippen LogP contribution in [0.3, 0.4) is 0 Å². The molecule has 28 heavy (non-hydrogen) atoms. The van der Waals surface area contributed by atoms with Crippen LogP contribution in [-0.2, 0) is 24.8 Å². The normalized spacial score (nSPS) is 22.9. The number of nitrogens with zero attached hydrogens (tertiary/aromatic N) is 3. The zero-order valence-corrected chi connectivity index (χ0v) is 17.7. The van der Waals surface area contributed by atoms with Gasteiger partial charge in [-0.15, -0.1) is 0 Å². The third kappa shape index (κ3) is 4.40. The van der Waals surface area contributed by atoms with Crippen LogP contribution in [0.5, 0.6) is 0 Å². The minimum absolute atomic E-state index is 0.0317. The molecule has 156 valence electrons. The number of amides is 1. The molecule has 1 atom stereocenters. The number of hydrogen-bond acceptors (Lipinski definition) is 5. The second-order valence-electron chi connectivity index (χ2n) is 7.14. The van der Waals surface area contributed by atoms with Gasteiger partial charge in [0, 0.05) is 39.3 Å². The Morgan fingerprint density at radius 1 is 0.964 bits per heavy atom. The molecule has 0 aliphatic carbocycles. The summed E-state index contributed by atoms with van der Waals surface area (Å²) in [5.41, 5.74) is 0. The van der Waals surface area contributed by atoms with E-state index in [0.717, 1.165) is 0 Å².